The molecule has 1 rings (SSSR count). The highest BCUT2D eigenvalue weighted by molar-refractivity contribution is 5.88. The van der Waals surface area contributed by atoms with Gasteiger partial charge in [0.15, 0.2) is 0 Å². The molecule has 4 N–H and O–H groups in total. The Bertz CT molecular complexity index is 482. The molecule has 3 amide bonds. The lowest BCUT2D eigenvalue weighted by molar-refractivity contribution is -0.203. The number of carboxylic acid groups (broad SMARTS) is 1. The molecule has 1 saturated heterocycles. The monoisotopic (exact) mass is 311 g/mol. The summed E-state index contributed by atoms with van der Waals surface area (Å²) in [4.78, 5) is 34.8. The Labute approximate surface area is 118 Å². The van der Waals surface area contributed by atoms with Gasteiger partial charge >= 0.3 is 18.2 Å². The van der Waals surface area contributed by atoms with Crippen molar-refractivity contribution < 1.29 is 32.7 Å². The molecule has 10 heteroatoms. The molecule has 2 unspecified atom stereocenters. The van der Waals surface area contributed by atoms with Crippen LogP contribution in [0, 0.1) is 5.41 Å². The number of rotatable bonds is 3. The zero-order valence-electron chi connectivity index (χ0n) is 11.5. The third kappa shape index (κ3) is 3.03. The van der Waals surface area contributed by atoms with Crippen molar-refractivity contribution in [2.45, 2.75) is 32.0 Å². The molecule has 0 aromatic heterocycles. The molecule has 7 nitrogen and oxygen atoms in total. The first-order chi connectivity index (χ1) is 9.33. The molecule has 21 heavy (non-hydrogen) atoms. The molecular formula is C11H16F3N3O4. The van der Waals surface area contributed by atoms with Crippen LogP contribution in [-0.4, -0.2) is 52.7 Å². The maximum atomic E-state index is 12.8. The van der Waals surface area contributed by atoms with Gasteiger partial charge in [-0.2, -0.15) is 13.2 Å². The van der Waals surface area contributed by atoms with Crippen LogP contribution in [0.3, 0.4) is 0 Å². The van der Waals surface area contributed by atoms with Crippen molar-refractivity contribution in [3.8, 4) is 0 Å². The summed E-state index contributed by atoms with van der Waals surface area (Å²) in [6.07, 6.45) is -4.97. The zero-order valence-corrected chi connectivity index (χ0v) is 11.5. The number of carbonyl (C=O) groups excluding carboxylic acids is 2. The van der Waals surface area contributed by atoms with Gasteiger partial charge in [-0.15, -0.1) is 0 Å². The minimum Gasteiger partial charge on any atom is -0.479 e. The van der Waals surface area contributed by atoms with Gasteiger partial charge in [0.05, 0.1) is 5.41 Å². The van der Waals surface area contributed by atoms with E-state index in [4.69, 9.17) is 10.8 Å². The smallest absolute Gasteiger partial charge is 0.422 e. The Balaban J connectivity index is 2.87. The van der Waals surface area contributed by atoms with Gasteiger partial charge in [-0.05, 0) is 20.3 Å². The third-order valence-electron chi connectivity index (χ3n) is 3.71. The number of urea groups is 1. The van der Waals surface area contributed by atoms with Crippen LogP contribution in [-0.2, 0) is 9.59 Å². The number of carbonyl (C=O) groups is 3. The first-order valence-electron chi connectivity index (χ1n) is 6.00. The van der Waals surface area contributed by atoms with Crippen molar-refractivity contribution in [1.82, 2.24) is 10.2 Å². The minimum atomic E-state index is -5.17. The quantitative estimate of drug-likeness (QED) is 0.695. The van der Waals surface area contributed by atoms with Crippen molar-refractivity contribution in [2.24, 2.45) is 11.1 Å². The number of likely N-dealkylation sites (tertiary alicyclic amines) is 1. The number of halogens is 3. The number of aliphatic carboxylic acids is 1. The maximum Gasteiger partial charge on any atom is 0.422 e. The maximum absolute atomic E-state index is 12.8. The topological polar surface area (TPSA) is 113 Å². The lowest BCUT2D eigenvalue weighted by atomic mass is 9.89. The number of carboxylic acids is 1. The fourth-order valence-electron chi connectivity index (χ4n) is 1.87. The lowest BCUT2D eigenvalue weighted by Crippen LogP contribution is -2.64. The molecule has 1 fully saturated rings. The molecule has 0 aromatic rings. The average molecular weight is 311 g/mol. The molecular weight excluding hydrogens is 295 g/mol. The van der Waals surface area contributed by atoms with Crippen molar-refractivity contribution in [3.63, 3.8) is 0 Å². The van der Waals surface area contributed by atoms with Gasteiger partial charge in [0.25, 0.3) is 0 Å². The van der Waals surface area contributed by atoms with E-state index in [0.717, 1.165) is 4.90 Å². The normalized spacial score (nSPS) is 25.3. The standard InChI is InChI=1S/C11H16F3N3O4/c1-9(6(15)18)3-4-17(5-9)8(21)16-10(2,7(19)20)11(12,13)14/h3-5H2,1-2H3,(H2,15,18)(H,16,21)(H,19,20). The summed E-state index contributed by atoms with van der Waals surface area (Å²) in [6.45, 7) is 1.69. The van der Waals surface area contributed by atoms with Gasteiger partial charge < -0.3 is 21.1 Å². The van der Waals surface area contributed by atoms with Crippen molar-refractivity contribution in [3.05, 3.63) is 0 Å². The molecule has 1 aliphatic rings. The van der Waals surface area contributed by atoms with E-state index in [1.807, 2.05) is 0 Å². The Morgan fingerprint density at radius 2 is 1.86 bits per heavy atom. The van der Waals surface area contributed by atoms with Crippen molar-refractivity contribution in [2.75, 3.05) is 13.1 Å². The molecule has 0 aromatic carbocycles. The van der Waals surface area contributed by atoms with E-state index >= 15 is 0 Å². The number of hydrogen-bond donors (Lipinski definition) is 3. The minimum absolute atomic E-state index is 0.0127. The fraction of sp³-hybridized carbons (Fsp3) is 0.727. The Kier molecular flexibility index (Phi) is 4.13. The second kappa shape index (κ2) is 5.08. The summed E-state index contributed by atoms with van der Waals surface area (Å²) in [6, 6.07) is -1.21. The Morgan fingerprint density at radius 3 is 2.19 bits per heavy atom. The van der Waals surface area contributed by atoms with Crippen molar-refractivity contribution >= 4 is 17.9 Å². The van der Waals surface area contributed by atoms with Crippen LogP contribution in [0.2, 0.25) is 0 Å². The molecule has 0 aliphatic carbocycles. The highest BCUT2D eigenvalue weighted by Crippen LogP contribution is 2.32. The predicted octanol–water partition coefficient (Wildman–Crippen LogP) is 0.299. The summed E-state index contributed by atoms with van der Waals surface area (Å²) in [5.41, 5.74) is 0.728. The molecule has 2 atom stereocenters. The number of amides is 3. The second-order valence-corrected chi connectivity index (χ2v) is 5.45. The Morgan fingerprint density at radius 1 is 1.33 bits per heavy atom. The number of alkyl halides is 3. The predicted molar refractivity (Wildman–Crippen MR) is 64.1 cm³/mol. The van der Waals surface area contributed by atoms with E-state index in [-0.39, 0.29) is 19.5 Å². The van der Waals surface area contributed by atoms with Crippen LogP contribution in [0.5, 0.6) is 0 Å². The van der Waals surface area contributed by atoms with E-state index in [1.54, 1.807) is 0 Å². The molecule has 0 bridgehead atoms. The fourth-order valence-corrected chi connectivity index (χ4v) is 1.87. The van der Waals surface area contributed by atoms with Gasteiger partial charge in [-0.3, -0.25) is 4.79 Å². The third-order valence-corrected chi connectivity index (χ3v) is 3.71. The summed E-state index contributed by atoms with van der Waals surface area (Å²) in [7, 11) is 0. The highest BCUT2D eigenvalue weighted by atomic mass is 19.4. The second-order valence-electron chi connectivity index (χ2n) is 5.45. The summed E-state index contributed by atoms with van der Waals surface area (Å²) in [5.74, 6) is -2.89. The number of hydrogen-bond acceptors (Lipinski definition) is 3. The van der Waals surface area contributed by atoms with Gasteiger partial charge in [0.2, 0.25) is 11.4 Å². The molecule has 1 heterocycles. The van der Waals surface area contributed by atoms with Crippen LogP contribution in [0.4, 0.5) is 18.0 Å². The van der Waals surface area contributed by atoms with Crippen LogP contribution < -0.4 is 11.1 Å². The van der Waals surface area contributed by atoms with Crippen LogP contribution >= 0.6 is 0 Å². The molecule has 0 saturated carbocycles. The Hall–Kier alpha value is -2.00. The van der Waals surface area contributed by atoms with Gasteiger partial charge in [0, 0.05) is 13.1 Å². The molecule has 120 valence electrons. The summed E-state index contributed by atoms with van der Waals surface area (Å²) in [5, 5.41) is 10.2. The largest absolute Gasteiger partial charge is 0.479 e. The lowest BCUT2D eigenvalue weighted by Gasteiger charge is -2.31. The first-order valence-corrected chi connectivity index (χ1v) is 6.00. The van der Waals surface area contributed by atoms with Gasteiger partial charge in [0.1, 0.15) is 0 Å². The number of nitrogens with one attached hydrogen (secondary N) is 1. The number of nitrogens with zero attached hydrogens (tertiary/aromatic N) is 1. The average Bonchev–Trinajstić information content (AvgIpc) is 2.71. The summed E-state index contributed by atoms with van der Waals surface area (Å²) >= 11 is 0. The molecule has 0 spiro atoms. The van der Waals surface area contributed by atoms with E-state index in [9.17, 15) is 27.6 Å². The van der Waals surface area contributed by atoms with Crippen LogP contribution in [0.25, 0.3) is 0 Å². The van der Waals surface area contributed by atoms with Crippen LogP contribution in [0.15, 0.2) is 0 Å². The van der Waals surface area contributed by atoms with Gasteiger partial charge in [-0.25, -0.2) is 9.59 Å². The SMILES string of the molecule is CC1(C(N)=O)CCN(C(=O)NC(C)(C(=O)O)C(F)(F)F)C1. The number of primary amides is 1. The molecule has 0 radical (unpaired) electrons. The summed E-state index contributed by atoms with van der Waals surface area (Å²) < 4.78 is 38.4. The molecule has 1 aliphatic heterocycles. The van der Waals surface area contributed by atoms with Gasteiger partial charge in [-0.1, -0.05) is 0 Å². The van der Waals surface area contributed by atoms with Crippen molar-refractivity contribution in [1.29, 1.82) is 0 Å². The van der Waals surface area contributed by atoms with E-state index in [0.29, 0.717) is 6.92 Å². The first kappa shape index (κ1) is 17.1. The van der Waals surface area contributed by atoms with Crippen LogP contribution in [0.1, 0.15) is 20.3 Å². The van der Waals surface area contributed by atoms with E-state index < -0.39 is 35.0 Å². The number of nitrogens with two attached hydrogens (primary N) is 1. The zero-order chi connectivity index (χ0) is 16.6. The van der Waals surface area contributed by atoms with E-state index in [2.05, 4.69) is 0 Å². The highest BCUT2D eigenvalue weighted by Gasteiger charge is 2.59. The van der Waals surface area contributed by atoms with E-state index in [1.165, 1.54) is 12.2 Å².